The van der Waals surface area contributed by atoms with Gasteiger partial charge < -0.3 is 15.4 Å². The van der Waals surface area contributed by atoms with Gasteiger partial charge in [0.15, 0.2) is 0 Å². The van der Waals surface area contributed by atoms with Gasteiger partial charge >= 0.3 is 6.09 Å². The molecule has 9 heteroatoms. The number of aliphatic imine (C=N–C) groups is 1. The highest BCUT2D eigenvalue weighted by molar-refractivity contribution is 5.85. The number of hydrogen-bond acceptors (Lipinski definition) is 6. The maximum Gasteiger partial charge on any atom is 0.409 e. The van der Waals surface area contributed by atoms with Crippen LogP contribution in [0.4, 0.5) is 16.2 Å². The Morgan fingerprint density at radius 1 is 1.31 bits per heavy atom. The molecule has 1 amide bonds. The van der Waals surface area contributed by atoms with E-state index in [0.29, 0.717) is 11.3 Å². The molecule has 2 aromatic carbocycles. The number of ether oxygens (including phenoxy) is 1. The molecule has 132 valence electrons. The molecule has 0 spiro atoms. The van der Waals surface area contributed by atoms with Crippen molar-refractivity contribution in [2.75, 3.05) is 14.1 Å². The number of amides is 1. The van der Waals surface area contributed by atoms with Crippen LogP contribution in [0, 0.1) is 21.4 Å². The Balaban J connectivity index is 2.69. The van der Waals surface area contributed by atoms with Crippen LogP contribution in [0.5, 0.6) is 5.75 Å². The average Bonchev–Trinajstić information content (AvgIpc) is 2.59. The number of benzene rings is 2. The number of nitro groups is 1. The van der Waals surface area contributed by atoms with Crippen LogP contribution in [-0.2, 0) is 0 Å². The number of nitro benzene ring substituents is 1. The first-order valence-corrected chi connectivity index (χ1v) is 7.33. The summed E-state index contributed by atoms with van der Waals surface area (Å²) in [5.41, 5.74) is 6.21. The van der Waals surface area contributed by atoms with Crippen LogP contribution in [0.15, 0.2) is 41.4 Å². The maximum atomic E-state index is 11.2. The van der Waals surface area contributed by atoms with E-state index < -0.39 is 11.0 Å². The Morgan fingerprint density at radius 2 is 1.96 bits per heavy atom. The fourth-order valence-corrected chi connectivity index (χ4v) is 2.20. The predicted molar refractivity (Wildman–Crippen MR) is 95.3 cm³/mol. The summed E-state index contributed by atoms with van der Waals surface area (Å²) in [4.78, 5) is 27.4. The SMILES string of the molecule is CN(C)C=Nc1ccc(OC(N)=O)c(-c2ccc([N+](=O)[O-])cc2)c1C#N. The fourth-order valence-electron chi connectivity index (χ4n) is 2.20. The lowest BCUT2D eigenvalue weighted by molar-refractivity contribution is -0.384. The third-order valence-corrected chi connectivity index (χ3v) is 3.26. The molecular formula is C17H15N5O4. The number of hydrogen-bond donors (Lipinski definition) is 1. The molecule has 0 aliphatic rings. The second-order valence-electron chi connectivity index (χ2n) is 5.38. The molecule has 0 aliphatic carbocycles. The predicted octanol–water partition coefficient (Wildman–Crippen LogP) is 2.81. The molecule has 9 nitrogen and oxygen atoms in total. The van der Waals surface area contributed by atoms with E-state index >= 15 is 0 Å². The van der Waals surface area contributed by atoms with Gasteiger partial charge in [-0.05, 0) is 29.8 Å². The van der Waals surface area contributed by atoms with E-state index in [4.69, 9.17) is 10.5 Å². The summed E-state index contributed by atoms with van der Waals surface area (Å²) in [6, 6.07) is 10.5. The minimum Gasteiger partial charge on any atom is -0.410 e. The lowest BCUT2D eigenvalue weighted by Gasteiger charge is -2.13. The molecule has 0 radical (unpaired) electrons. The summed E-state index contributed by atoms with van der Waals surface area (Å²) in [5, 5.41) is 20.4. The molecule has 0 heterocycles. The minimum absolute atomic E-state index is 0.0618. The summed E-state index contributed by atoms with van der Waals surface area (Å²) >= 11 is 0. The van der Waals surface area contributed by atoms with Crippen molar-refractivity contribution in [1.29, 1.82) is 5.26 Å². The number of non-ortho nitro benzene ring substituents is 1. The number of primary amides is 1. The first-order chi connectivity index (χ1) is 12.3. The van der Waals surface area contributed by atoms with Crippen LogP contribution in [0.3, 0.4) is 0 Å². The van der Waals surface area contributed by atoms with Gasteiger partial charge in [-0.2, -0.15) is 5.26 Å². The number of rotatable bonds is 5. The Bertz CT molecular complexity index is 914. The quantitative estimate of drug-likeness (QED) is 0.380. The van der Waals surface area contributed by atoms with E-state index in [9.17, 15) is 20.2 Å². The highest BCUT2D eigenvalue weighted by Crippen LogP contribution is 2.39. The molecule has 2 aromatic rings. The van der Waals surface area contributed by atoms with E-state index in [-0.39, 0.29) is 22.6 Å². The van der Waals surface area contributed by atoms with Crippen molar-refractivity contribution in [2.24, 2.45) is 10.7 Å². The highest BCUT2D eigenvalue weighted by atomic mass is 16.6. The largest absolute Gasteiger partial charge is 0.410 e. The van der Waals surface area contributed by atoms with Gasteiger partial charge in [0.05, 0.1) is 22.5 Å². The Kier molecular flexibility index (Phi) is 5.49. The normalized spacial score (nSPS) is 10.3. The third kappa shape index (κ3) is 4.12. The first kappa shape index (κ1) is 18.4. The van der Waals surface area contributed by atoms with Gasteiger partial charge in [0.1, 0.15) is 11.8 Å². The summed E-state index contributed by atoms with van der Waals surface area (Å²) in [5.74, 6) is 0.0618. The zero-order valence-electron chi connectivity index (χ0n) is 14.0. The molecular weight excluding hydrogens is 338 g/mol. The Labute approximate surface area is 149 Å². The number of nitriles is 1. The molecule has 0 aromatic heterocycles. The van der Waals surface area contributed by atoms with Crippen LogP contribution in [0.25, 0.3) is 11.1 Å². The molecule has 0 atom stereocenters. The first-order valence-electron chi connectivity index (χ1n) is 7.33. The fraction of sp³-hybridized carbons (Fsp3) is 0.118. The lowest BCUT2D eigenvalue weighted by atomic mass is 9.97. The summed E-state index contributed by atoms with van der Waals surface area (Å²) < 4.78 is 4.99. The van der Waals surface area contributed by atoms with Gasteiger partial charge in [-0.1, -0.05) is 0 Å². The Morgan fingerprint density at radius 3 is 2.46 bits per heavy atom. The molecule has 0 aliphatic heterocycles. The van der Waals surface area contributed by atoms with Crippen molar-refractivity contribution in [3.05, 3.63) is 52.1 Å². The van der Waals surface area contributed by atoms with Crippen molar-refractivity contribution < 1.29 is 14.5 Å². The Hall–Kier alpha value is -3.93. The monoisotopic (exact) mass is 353 g/mol. The van der Waals surface area contributed by atoms with Gasteiger partial charge in [-0.3, -0.25) is 10.1 Å². The van der Waals surface area contributed by atoms with Crippen LogP contribution >= 0.6 is 0 Å². The number of carbonyl (C=O) groups excluding carboxylic acids is 1. The number of carbonyl (C=O) groups is 1. The summed E-state index contributed by atoms with van der Waals surface area (Å²) in [7, 11) is 3.55. The van der Waals surface area contributed by atoms with Crippen molar-refractivity contribution in [2.45, 2.75) is 0 Å². The van der Waals surface area contributed by atoms with Gasteiger partial charge in [0, 0.05) is 31.8 Å². The average molecular weight is 353 g/mol. The van der Waals surface area contributed by atoms with Crippen molar-refractivity contribution in [3.8, 4) is 22.9 Å². The zero-order chi connectivity index (χ0) is 19.3. The van der Waals surface area contributed by atoms with Crippen LogP contribution < -0.4 is 10.5 Å². The standard InChI is InChI=1S/C17H15N5O4/c1-21(2)10-20-14-7-8-15(26-17(19)23)16(13(14)9-18)11-3-5-12(6-4-11)22(24)25/h3-8,10H,1-2H3,(H2,19,23). The van der Waals surface area contributed by atoms with E-state index in [1.165, 1.54) is 42.7 Å². The molecule has 0 saturated heterocycles. The zero-order valence-corrected chi connectivity index (χ0v) is 14.0. The third-order valence-electron chi connectivity index (χ3n) is 3.26. The van der Waals surface area contributed by atoms with Gasteiger partial charge in [0.25, 0.3) is 5.69 Å². The lowest BCUT2D eigenvalue weighted by Crippen LogP contribution is -2.17. The van der Waals surface area contributed by atoms with E-state index in [2.05, 4.69) is 4.99 Å². The molecule has 0 bridgehead atoms. The second-order valence-corrected chi connectivity index (χ2v) is 5.38. The van der Waals surface area contributed by atoms with Crippen molar-refractivity contribution in [1.82, 2.24) is 4.90 Å². The molecule has 0 fully saturated rings. The molecule has 2 N–H and O–H groups in total. The minimum atomic E-state index is -1.04. The summed E-state index contributed by atoms with van der Waals surface area (Å²) in [6.45, 7) is 0. The second kappa shape index (κ2) is 7.76. The van der Waals surface area contributed by atoms with E-state index in [1.807, 2.05) is 6.07 Å². The van der Waals surface area contributed by atoms with Crippen LogP contribution in [0.1, 0.15) is 5.56 Å². The number of nitrogens with zero attached hydrogens (tertiary/aromatic N) is 4. The van der Waals surface area contributed by atoms with Gasteiger partial charge in [0.2, 0.25) is 0 Å². The highest BCUT2D eigenvalue weighted by Gasteiger charge is 2.18. The maximum absolute atomic E-state index is 11.2. The molecule has 0 saturated carbocycles. The van der Waals surface area contributed by atoms with Crippen LogP contribution in [-0.4, -0.2) is 36.4 Å². The van der Waals surface area contributed by atoms with E-state index in [1.54, 1.807) is 19.0 Å². The van der Waals surface area contributed by atoms with Crippen molar-refractivity contribution >= 4 is 23.8 Å². The molecule has 2 rings (SSSR count). The van der Waals surface area contributed by atoms with Crippen molar-refractivity contribution in [3.63, 3.8) is 0 Å². The topological polar surface area (TPSA) is 135 Å². The van der Waals surface area contributed by atoms with E-state index in [0.717, 1.165) is 0 Å². The summed E-state index contributed by atoms with van der Waals surface area (Å²) in [6.07, 6.45) is 0.478. The van der Waals surface area contributed by atoms with Gasteiger partial charge in [-0.25, -0.2) is 9.79 Å². The molecule has 26 heavy (non-hydrogen) atoms. The molecule has 0 unspecified atom stereocenters. The smallest absolute Gasteiger partial charge is 0.409 e. The van der Waals surface area contributed by atoms with Gasteiger partial charge in [-0.15, -0.1) is 0 Å². The van der Waals surface area contributed by atoms with Crippen LogP contribution in [0.2, 0.25) is 0 Å². The number of nitrogens with two attached hydrogens (primary N) is 1.